The van der Waals surface area contributed by atoms with Crippen molar-refractivity contribution >= 4 is 17.2 Å². The van der Waals surface area contributed by atoms with Crippen LogP contribution in [0.2, 0.25) is 0 Å². The number of hydrogen-bond donors (Lipinski definition) is 1. The van der Waals surface area contributed by atoms with Gasteiger partial charge in [-0.1, -0.05) is 17.3 Å². The van der Waals surface area contributed by atoms with E-state index in [9.17, 15) is 4.79 Å². The first kappa shape index (κ1) is 14.4. The van der Waals surface area contributed by atoms with Gasteiger partial charge in [0, 0.05) is 12.6 Å². The van der Waals surface area contributed by atoms with Crippen LogP contribution in [0.3, 0.4) is 0 Å². The van der Waals surface area contributed by atoms with Gasteiger partial charge in [-0.15, -0.1) is 11.3 Å². The third-order valence-electron chi connectivity index (χ3n) is 2.36. The average molecular weight is 292 g/mol. The van der Waals surface area contributed by atoms with Crippen LogP contribution in [0.1, 0.15) is 5.82 Å². The van der Waals surface area contributed by atoms with Crippen molar-refractivity contribution in [2.45, 2.75) is 6.54 Å². The molecule has 2 rings (SSSR count). The lowest BCUT2D eigenvalue weighted by Gasteiger charge is -2.03. The molecule has 20 heavy (non-hydrogen) atoms. The summed E-state index contributed by atoms with van der Waals surface area (Å²) in [5, 5.41) is 8.47. The smallest absolute Gasteiger partial charge is 0.268 e. The third kappa shape index (κ3) is 4.29. The Morgan fingerprint density at radius 2 is 2.40 bits per heavy atom. The number of amides is 1. The molecule has 1 N–H and O–H groups in total. The third-order valence-corrected chi connectivity index (χ3v) is 3.22. The van der Waals surface area contributed by atoms with E-state index in [2.05, 4.69) is 15.5 Å². The van der Waals surface area contributed by atoms with Crippen LogP contribution in [0.15, 0.2) is 34.2 Å². The quantitative estimate of drug-likeness (QED) is 0.818. The highest BCUT2D eigenvalue weighted by Gasteiger charge is 2.09. The van der Waals surface area contributed by atoms with Gasteiger partial charge in [0.05, 0.1) is 11.4 Å². The number of hydrogen-bond acceptors (Lipinski definition) is 6. The minimum absolute atomic E-state index is 0.172. The molecule has 0 aliphatic rings. The van der Waals surface area contributed by atoms with Crippen molar-refractivity contribution in [1.29, 1.82) is 0 Å². The van der Waals surface area contributed by atoms with Crippen LogP contribution in [0.4, 0.5) is 0 Å². The van der Waals surface area contributed by atoms with E-state index in [1.165, 1.54) is 17.4 Å². The van der Waals surface area contributed by atoms with Gasteiger partial charge in [-0.05, 0) is 25.5 Å². The van der Waals surface area contributed by atoms with Gasteiger partial charge < -0.3 is 14.7 Å². The van der Waals surface area contributed by atoms with Gasteiger partial charge in [-0.2, -0.15) is 4.98 Å². The number of thiophene rings is 1. The van der Waals surface area contributed by atoms with Crippen molar-refractivity contribution in [1.82, 2.24) is 20.4 Å². The standard InChI is InChI=1S/C13H16N4O2S/c1-17(2)7-3-6-12(18)14-9-11-15-13(19-16-11)10-5-4-8-20-10/h3-6,8H,7,9H2,1-2H3,(H,14,18)/b6-3+. The van der Waals surface area contributed by atoms with E-state index < -0.39 is 0 Å². The van der Waals surface area contributed by atoms with Crippen LogP contribution >= 0.6 is 11.3 Å². The second-order valence-corrected chi connectivity index (χ2v) is 5.32. The van der Waals surface area contributed by atoms with E-state index in [0.717, 1.165) is 11.4 Å². The zero-order chi connectivity index (χ0) is 14.4. The Balaban J connectivity index is 1.83. The Morgan fingerprint density at radius 1 is 1.55 bits per heavy atom. The van der Waals surface area contributed by atoms with Crippen molar-refractivity contribution in [2.24, 2.45) is 0 Å². The van der Waals surface area contributed by atoms with Gasteiger partial charge in [0.15, 0.2) is 5.82 Å². The van der Waals surface area contributed by atoms with Gasteiger partial charge in [-0.25, -0.2) is 0 Å². The minimum atomic E-state index is -0.172. The molecule has 0 radical (unpaired) electrons. The lowest BCUT2D eigenvalue weighted by Crippen LogP contribution is -2.21. The van der Waals surface area contributed by atoms with Crippen LogP contribution in [0.5, 0.6) is 0 Å². The molecule has 0 aromatic carbocycles. The molecule has 1 amide bonds. The minimum Gasteiger partial charge on any atom is -0.345 e. The summed E-state index contributed by atoms with van der Waals surface area (Å²) < 4.78 is 5.13. The van der Waals surface area contributed by atoms with E-state index in [1.807, 2.05) is 36.5 Å². The zero-order valence-corrected chi connectivity index (χ0v) is 12.2. The molecule has 2 aromatic rings. The maximum absolute atomic E-state index is 11.5. The number of nitrogens with one attached hydrogen (secondary N) is 1. The highest BCUT2D eigenvalue weighted by atomic mass is 32.1. The molecule has 106 valence electrons. The summed E-state index contributed by atoms with van der Waals surface area (Å²) in [5.74, 6) is 0.768. The number of rotatable bonds is 6. The maximum Gasteiger partial charge on any atom is 0.268 e. The number of aromatic nitrogens is 2. The Morgan fingerprint density at radius 3 is 3.10 bits per heavy atom. The van der Waals surface area contributed by atoms with Crippen LogP contribution < -0.4 is 5.32 Å². The topological polar surface area (TPSA) is 71.3 Å². The van der Waals surface area contributed by atoms with E-state index >= 15 is 0 Å². The van der Waals surface area contributed by atoms with Crippen LogP contribution in [0, 0.1) is 0 Å². The predicted molar refractivity (Wildman–Crippen MR) is 77.2 cm³/mol. The number of carbonyl (C=O) groups is 1. The fourth-order valence-electron chi connectivity index (χ4n) is 1.42. The van der Waals surface area contributed by atoms with Crippen LogP contribution in [-0.2, 0) is 11.3 Å². The summed E-state index contributed by atoms with van der Waals surface area (Å²) in [6, 6.07) is 3.83. The summed E-state index contributed by atoms with van der Waals surface area (Å²) in [6.07, 6.45) is 3.29. The number of carbonyl (C=O) groups excluding carboxylic acids is 1. The van der Waals surface area contributed by atoms with Gasteiger partial charge in [0.2, 0.25) is 5.91 Å². The van der Waals surface area contributed by atoms with Crippen LogP contribution in [-0.4, -0.2) is 41.6 Å². The monoisotopic (exact) mass is 292 g/mol. The lowest BCUT2D eigenvalue weighted by atomic mass is 10.4. The van der Waals surface area contributed by atoms with Crippen LogP contribution in [0.25, 0.3) is 10.8 Å². The van der Waals surface area contributed by atoms with Crippen molar-refractivity contribution in [2.75, 3.05) is 20.6 Å². The van der Waals surface area contributed by atoms with Gasteiger partial charge in [-0.3, -0.25) is 4.79 Å². The van der Waals surface area contributed by atoms with Gasteiger partial charge in [0.1, 0.15) is 0 Å². The summed E-state index contributed by atoms with van der Waals surface area (Å²) >= 11 is 1.53. The second-order valence-electron chi connectivity index (χ2n) is 4.38. The van der Waals surface area contributed by atoms with Gasteiger partial charge in [0.25, 0.3) is 5.89 Å². The fraction of sp³-hybridized carbons (Fsp3) is 0.308. The van der Waals surface area contributed by atoms with E-state index in [1.54, 1.807) is 6.08 Å². The highest BCUT2D eigenvalue weighted by molar-refractivity contribution is 7.13. The first-order valence-electron chi connectivity index (χ1n) is 6.10. The largest absolute Gasteiger partial charge is 0.345 e. The fourth-order valence-corrected chi connectivity index (χ4v) is 2.07. The molecule has 2 heterocycles. The predicted octanol–water partition coefficient (Wildman–Crippen LogP) is 1.53. The summed E-state index contributed by atoms with van der Waals surface area (Å²) in [6.45, 7) is 0.970. The Labute approximate surface area is 121 Å². The Hall–Kier alpha value is -1.99. The molecule has 0 bridgehead atoms. The molecule has 0 fully saturated rings. The molecule has 2 aromatic heterocycles. The molecule has 0 spiro atoms. The van der Waals surface area contributed by atoms with Crippen molar-refractivity contribution in [3.05, 3.63) is 35.5 Å². The molecule has 0 atom stereocenters. The Bertz CT molecular complexity index is 575. The average Bonchev–Trinajstić information content (AvgIpc) is 3.06. The van der Waals surface area contributed by atoms with E-state index in [4.69, 9.17) is 4.52 Å². The summed E-state index contributed by atoms with van der Waals surface area (Å²) in [5.41, 5.74) is 0. The number of likely N-dealkylation sites (N-methyl/N-ethyl adjacent to an activating group) is 1. The zero-order valence-electron chi connectivity index (χ0n) is 11.4. The molecule has 0 aliphatic heterocycles. The first-order chi connectivity index (χ1) is 9.65. The highest BCUT2D eigenvalue weighted by Crippen LogP contribution is 2.22. The molecule has 6 nitrogen and oxygen atoms in total. The lowest BCUT2D eigenvalue weighted by molar-refractivity contribution is -0.116. The van der Waals surface area contributed by atoms with E-state index in [0.29, 0.717) is 11.7 Å². The molecule has 0 unspecified atom stereocenters. The molecule has 0 saturated heterocycles. The normalized spacial score (nSPS) is 11.3. The van der Waals surface area contributed by atoms with Crippen molar-refractivity contribution in [3.8, 4) is 10.8 Å². The summed E-state index contributed by atoms with van der Waals surface area (Å²) in [7, 11) is 3.88. The SMILES string of the molecule is CN(C)C/C=C/C(=O)NCc1noc(-c2cccs2)n1. The molecular weight excluding hydrogens is 276 g/mol. The summed E-state index contributed by atoms with van der Waals surface area (Å²) in [4.78, 5) is 18.6. The number of nitrogens with zero attached hydrogens (tertiary/aromatic N) is 3. The molecule has 0 saturated carbocycles. The van der Waals surface area contributed by atoms with Gasteiger partial charge >= 0.3 is 0 Å². The first-order valence-corrected chi connectivity index (χ1v) is 6.98. The molecule has 0 aliphatic carbocycles. The Kier molecular flexibility index (Phi) is 5.03. The van der Waals surface area contributed by atoms with Crippen molar-refractivity contribution in [3.63, 3.8) is 0 Å². The second kappa shape index (κ2) is 6.97. The van der Waals surface area contributed by atoms with Crippen molar-refractivity contribution < 1.29 is 9.32 Å². The molecule has 7 heteroatoms. The molecular formula is C13H16N4O2S. The maximum atomic E-state index is 11.5. The van der Waals surface area contributed by atoms with E-state index in [-0.39, 0.29) is 12.5 Å².